The summed E-state index contributed by atoms with van der Waals surface area (Å²) < 4.78 is 0. The van der Waals surface area contributed by atoms with Crippen LogP contribution in [0.1, 0.15) is 78.6 Å². The van der Waals surface area contributed by atoms with Gasteiger partial charge in [0.15, 0.2) is 0 Å². The Kier molecular flexibility index (Phi) is 6.22. The molecule has 0 aliphatic heterocycles. The van der Waals surface area contributed by atoms with Crippen molar-refractivity contribution < 1.29 is 4.79 Å². The van der Waals surface area contributed by atoms with Gasteiger partial charge in [0, 0.05) is 24.4 Å². The van der Waals surface area contributed by atoms with Crippen molar-refractivity contribution in [2.24, 2.45) is 5.73 Å². The minimum atomic E-state index is 0.0242. The summed E-state index contributed by atoms with van der Waals surface area (Å²) in [4.78, 5) is 20.1. The molecule has 0 spiro atoms. The first-order chi connectivity index (χ1) is 12.9. The summed E-state index contributed by atoms with van der Waals surface area (Å²) in [5, 5.41) is 2.96. The largest absolute Gasteiger partial charge is 0.348 e. The average Bonchev–Trinajstić information content (AvgIpc) is 2.63. The monoisotopic (exact) mass is 366 g/mol. The van der Waals surface area contributed by atoms with Gasteiger partial charge in [-0.05, 0) is 75.6 Å². The molecule has 0 fully saturated rings. The Hall–Kier alpha value is -2.27. The van der Waals surface area contributed by atoms with Crippen molar-refractivity contribution in [1.29, 1.82) is 0 Å². The second kappa shape index (κ2) is 8.61. The molecule has 1 amide bonds. The normalized spacial score (nSPS) is 20.6. The molecule has 0 unspecified atom stereocenters. The number of nitrogens with zero attached hydrogens (tertiary/aromatic N) is 2. The van der Waals surface area contributed by atoms with E-state index >= 15 is 0 Å². The first-order valence-electron chi connectivity index (χ1n) is 9.89. The zero-order valence-corrected chi connectivity index (χ0v) is 16.6. The SMILES string of the molecule is CC(=O)N[C@@H]1CCCc2ccc(C)nc21.Cc1ccc2c(n1)[C@@H](N)CCC2. The van der Waals surface area contributed by atoms with Crippen molar-refractivity contribution in [3.8, 4) is 0 Å². The number of fused-ring (bicyclic) bond motifs is 2. The van der Waals surface area contributed by atoms with E-state index in [1.54, 1.807) is 6.92 Å². The highest BCUT2D eigenvalue weighted by molar-refractivity contribution is 5.73. The first-order valence-corrected chi connectivity index (χ1v) is 9.89. The molecule has 2 aliphatic rings. The fraction of sp³-hybridized carbons (Fsp3) is 0.500. The Morgan fingerprint density at radius 1 is 0.963 bits per heavy atom. The van der Waals surface area contributed by atoms with Gasteiger partial charge in [-0.1, -0.05) is 12.1 Å². The van der Waals surface area contributed by atoms with Gasteiger partial charge in [-0.25, -0.2) is 0 Å². The maximum atomic E-state index is 11.1. The maximum Gasteiger partial charge on any atom is 0.217 e. The lowest BCUT2D eigenvalue weighted by atomic mass is 9.91. The van der Waals surface area contributed by atoms with E-state index in [1.807, 2.05) is 19.9 Å². The molecule has 2 aromatic heterocycles. The van der Waals surface area contributed by atoms with Crippen LogP contribution in [0.4, 0.5) is 0 Å². The van der Waals surface area contributed by atoms with Crippen LogP contribution in [0.15, 0.2) is 24.3 Å². The lowest BCUT2D eigenvalue weighted by Gasteiger charge is -2.25. The van der Waals surface area contributed by atoms with Crippen LogP contribution in [-0.2, 0) is 17.6 Å². The molecule has 0 saturated carbocycles. The number of aryl methyl sites for hydroxylation is 4. The van der Waals surface area contributed by atoms with E-state index in [-0.39, 0.29) is 18.0 Å². The van der Waals surface area contributed by atoms with Crippen molar-refractivity contribution in [2.75, 3.05) is 0 Å². The zero-order chi connectivity index (χ0) is 19.4. The number of nitrogens with two attached hydrogens (primary N) is 1. The molecule has 2 atom stereocenters. The number of hydrogen-bond donors (Lipinski definition) is 2. The number of hydrogen-bond acceptors (Lipinski definition) is 4. The second-order valence-corrected chi connectivity index (χ2v) is 7.64. The summed E-state index contributed by atoms with van der Waals surface area (Å²) >= 11 is 0. The predicted octanol–water partition coefficient (Wildman–Crippen LogP) is 3.63. The van der Waals surface area contributed by atoms with Crippen LogP contribution in [0, 0.1) is 13.8 Å². The average molecular weight is 367 g/mol. The van der Waals surface area contributed by atoms with E-state index in [0.29, 0.717) is 0 Å². The van der Waals surface area contributed by atoms with Gasteiger partial charge in [-0.2, -0.15) is 0 Å². The van der Waals surface area contributed by atoms with Crippen LogP contribution < -0.4 is 11.1 Å². The van der Waals surface area contributed by atoms with Crippen LogP contribution in [0.2, 0.25) is 0 Å². The van der Waals surface area contributed by atoms with Gasteiger partial charge in [0.05, 0.1) is 17.4 Å². The highest BCUT2D eigenvalue weighted by Crippen LogP contribution is 2.28. The lowest BCUT2D eigenvalue weighted by molar-refractivity contribution is -0.119. The Labute approximate surface area is 161 Å². The van der Waals surface area contributed by atoms with Crippen molar-refractivity contribution in [2.45, 2.75) is 71.4 Å². The molecular formula is C22H30N4O. The van der Waals surface area contributed by atoms with Crippen LogP contribution in [0.25, 0.3) is 0 Å². The van der Waals surface area contributed by atoms with E-state index in [1.165, 1.54) is 17.5 Å². The van der Waals surface area contributed by atoms with Gasteiger partial charge >= 0.3 is 0 Å². The maximum absolute atomic E-state index is 11.1. The van der Waals surface area contributed by atoms with Gasteiger partial charge in [0.1, 0.15) is 0 Å². The Bertz CT molecular complexity index is 818. The van der Waals surface area contributed by atoms with Gasteiger partial charge < -0.3 is 11.1 Å². The van der Waals surface area contributed by atoms with E-state index in [2.05, 4.69) is 33.5 Å². The third kappa shape index (κ3) is 4.92. The fourth-order valence-electron chi connectivity index (χ4n) is 3.93. The number of carbonyl (C=O) groups excluding carboxylic acids is 1. The number of amides is 1. The van der Waals surface area contributed by atoms with E-state index in [9.17, 15) is 4.79 Å². The zero-order valence-electron chi connectivity index (χ0n) is 16.6. The Balaban J connectivity index is 0.000000159. The number of pyridine rings is 2. The molecule has 27 heavy (non-hydrogen) atoms. The molecule has 5 heteroatoms. The molecule has 4 rings (SSSR count). The minimum absolute atomic E-state index is 0.0242. The quantitative estimate of drug-likeness (QED) is 0.807. The number of aromatic nitrogens is 2. The van der Waals surface area contributed by atoms with Crippen molar-refractivity contribution >= 4 is 5.91 Å². The molecule has 0 saturated heterocycles. The molecular weight excluding hydrogens is 336 g/mol. The summed E-state index contributed by atoms with van der Waals surface area (Å²) in [5.41, 5.74) is 12.9. The van der Waals surface area contributed by atoms with Crippen molar-refractivity contribution in [1.82, 2.24) is 15.3 Å². The number of rotatable bonds is 1. The van der Waals surface area contributed by atoms with Crippen LogP contribution >= 0.6 is 0 Å². The molecule has 2 aromatic rings. The van der Waals surface area contributed by atoms with Crippen molar-refractivity contribution in [3.05, 3.63) is 58.2 Å². The van der Waals surface area contributed by atoms with Crippen LogP contribution in [0.5, 0.6) is 0 Å². The molecule has 0 radical (unpaired) electrons. The summed E-state index contributed by atoms with van der Waals surface area (Å²) in [7, 11) is 0. The molecule has 0 bridgehead atoms. The molecule has 144 valence electrons. The van der Waals surface area contributed by atoms with E-state index in [4.69, 9.17) is 5.73 Å². The number of nitrogens with one attached hydrogen (secondary N) is 1. The lowest BCUT2D eigenvalue weighted by Crippen LogP contribution is -2.29. The topological polar surface area (TPSA) is 80.9 Å². The second-order valence-electron chi connectivity index (χ2n) is 7.64. The van der Waals surface area contributed by atoms with Crippen molar-refractivity contribution in [3.63, 3.8) is 0 Å². The van der Waals surface area contributed by atoms with Gasteiger partial charge in [-0.3, -0.25) is 14.8 Å². The predicted molar refractivity (Wildman–Crippen MR) is 107 cm³/mol. The highest BCUT2D eigenvalue weighted by atomic mass is 16.1. The smallest absolute Gasteiger partial charge is 0.217 e. The minimum Gasteiger partial charge on any atom is -0.348 e. The first kappa shape index (κ1) is 19.5. The van der Waals surface area contributed by atoms with Gasteiger partial charge in [0.2, 0.25) is 5.91 Å². The molecule has 0 aromatic carbocycles. The third-order valence-corrected chi connectivity index (χ3v) is 5.26. The van der Waals surface area contributed by atoms with Gasteiger partial charge in [-0.15, -0.1) is 0 Å². The van der Waals surface area contributed by atoms with Crippen LogP contribution in [-0.4, -0.2) is 15.9 Å². The summed E-state index contributed by atoms with van der Waals surface area (Å²) in [6.07, 6.45) is 6.66. The van der Waals surface area contributed by atoms with Crippen LogP contribution in [0.3, 0.4) is 0 Å². The summed E-state index contributed by atoms with van der Waals surface area (Å²) in [6.45, 7) is 5.56. The Morgan fingerprint density at radius 2 is 1.52 bits per heavy atom. The highest BCUT2D eigenvalue weighted by Gasteiger charge is 2.22. The Morgan fingerprint density at radius 3 is 2.15 bits per heavy atom. The standard InChI is InChI=1S/C12H16N2O.C10H14N2/c1-8-6-7-10-4-3-5-11(12(10)13-8)14-9(2)15;1-7-5-6-8-3-2-4-9(11)10(8)12-7/h6-7,11H,3-5H2,1-2H3,(H,14,15);5-6,9H,2-4,11H2,1H3/t11-;9-/m10/s1. The molecule has 2 heterocycles. The van der Waals surface area contributed by atoms with Gasteiger partial charge in [0.25, 0.3) is 0 Å². The fourth-order valence-corrected chi connectivity index (χ4v) is 3.93. The summed E-state index contributed by atoms with van der Waals surface area (Å²) in [5.74, 6) is 0.0242. The summed E-state index contributed by atoms with van der Waals surface area (Å²) in [6, 6.07) is 8.69. The number of carbonyl (C=O) groups is 1. The van der Waals surface area contributed by atoms with E-state index < -0.39 is 0 Å². The molecule has 2 aliphatic carbocycles. The third-order valence-electron chi connectivity index (χ3n) is 5.26. The van der Waals surface area contributed by atoms with E-state index in [0.717, 1.165) is 54.9 Å². The molecule has 5 nitrogen and oxygen atoms in total. The molecule has 3 N–H and O–H groups in total.